The lowest BCUT2D eigenvalue weighted by Crippen LogP contribution is -2.28. The third-order valence-corrected chi connectivity index (χ3v) is 1.75. The van der Waals surface area contributed by atoms with Gasteiger partial charge >= 0.3 is 6.18 Å². The van der Waals surface area contributed by atoms with Crippen molar-refractivity contribution < 1.29 is 13.2 Å². The van der Waals surface area contributed by atoms with E-state index in [9.17, 15) is 13.2 Å². The monoisotopic (exact) mass is 200 g/mol. The van der Waals surface area contributed by atoms with Crippen LogP contribution >= 0.6 is 0 Å². The average molecular weight is 200 g/mol. The standard InChI is InChI=1S/C9H7F3N2/c10-9(11,12)8(14)7-3-1-6(5-13)2-4-7/h1-4,8H,14H2/t8-/m0/s1. The molecule has 1 rings (SSSR count). The van der Waals surface area contributed by atoms with Crippen molar-refractivity contribution in [1.29, 1.82) is 5.26 Å². The van der Waals surface area contributed by atoms with Gasteiger partial charge in [0.2, 0.25) is 0 Å². The summed E-state index contributed by atoms with van der Waals surface area (Å²) in [6.07, 6.45) is -4.45. The van der Waals surface area contributed by atoms with E-state index in [0.29, 0.717) is 5.56 Å². The van der Waals surface area contributed by atoms with Crippen molar-refractivity contribution in [3.63, 3.8) is 0 Å². The van der Waals surface area contributed by atoms with Crippen molar-refractivity contribution in [2.45, 2.75) is 12.2 Å². The first-order chi connectivity index (χ1) is 6.45. The number of hydrogen-bond acceptors (Lipinski definition) is 2. The Bertz CT molecular complexity index is 348. The number of nitrogens with two attached hydrogens (primary N) is 1. The molecule has 0 aliphatic carbocycles. The second-order valence-corrected chi connectivity index (χ2v) is 2.75. The lowest BCUT2D eigenvalue weighted by Gasteiger charge is -2.15. The molecule has 1 aromatic carbocycles. The molecule has 0 aromatic heterocycles. The van der Waals surface area contributed by atoms with Crippen molar-refractivity contribution in [2.75, 3.05) is 0 Å². The molecule has 74 valence electrons. The molecule has 0 saturated heterocycles. The topological polar surface area (TPSA) is 49.8 Å². The van der Waals surface area contributed by atoms with Crippen molar-refractivity contribution >= 4 is 0 Å². The molecular formula is C9H7F3N2. The first-order valence-corrected chi connectivity index (χ1v) is 3.77. The molecule has 0 heterocycles. The molecule has 0 unspecified atom stereocenters. The van der Waals surface area contributed by atoms with Crippen LogP contribution in [0.5, 0.6) is 0 Å². The predicted molar refractivity (Wildman–Crippen MR) is 44.1 cm³/mol. The van der Waals surface area contributed by atoms with E-state index in [1.54, 1.807) is 0 Å². The molecule has 0 fully saturated rings. The lowest BCUT2D eigenvalue weighted by atomic mass is 10.1. The normalized spacial score (nSPS) is 13.4. The van der Waals surface area contributed by atoms with E-state index in [1.165, 1.54) is 24.3 Å². The molecule has 1 aromatic rings. The predicted octanol–water partition coefficient (Wildman–Crippen LogP) is 2.12. The summed E-state index contributed by atoms with van der Waals surface area (Å²) in [5, 5.41) is 8.42. The Labute approximate surface area is 78.8 Å². The second kappa shape index (κ2) is 3.68. The molecule has 0 aliphatic heterocycles. The van der Waals surface area contributed by atoms with Crippen molar-refractivity contribution in [2.24, 2.45) is 5.73 Å². The first kappa shape index (κ1) is 10.5. The minimum atomic E-state index is -4.45. The molecule has 1 atom stereocenters. The summed E-state index contributed by atoms with van der Waals surface area (Å²) in [5.41, 5.74) is 5.22. The zero-order chi connectivity index (χ0) is 10.8. The van der Waals surface area contributed by atoms with E-state index < -0.39 is 12.2 Å². The van der Waals surface area contributed by atoms with Gasteiger partial charge in [-0.1, -0.05) is 12.1 Å². The summed E-state index contributed by atoms with van der Waals surface area (Å²) in [5.74, 6) is 0. The zero-order valence-corrected chi connectivity index (χ0v) is 7.05. The van der Waals surface area contributed by atoms with Crippen LogP contribution in [0.3, 0.4) is 0 Å². The van der Waals surface area contributed by atoms with Crippen molar-refractivity contribution in [3.05, 3.63) is 35.4 Å². The minimum absolute atomic E-state index is 0.0449. The van der Waals surface area contributed by atoms with Crippen molar-refractivity contribution in [3.8, 4) is 6.07 Å². The molecule has 5 heteroatoms. The largest absolute Gasteiger partial charge is 0.407 e. The Hall–Kier alpha value is -1.54. The maximum absolute atomic E-state index is 12.1. The summed E-state index contributed by atoms with van der Waals surface area (Å²) in [6.45, 7) is 0. The first-order valence-electron chi connectivity index (χ1n) is 3.77. The molecule has 2 nitrogen and oxygen atoms in total. The minimum Gasteiger partial charge on any atom is -0.316 e. The molecule has 0 bridgehead atoms. The fraction of sp³-hybridized carbons (Fsp3) is 0.222. The Morgan fingerprint density at radius 1 is 1.21 bits per heavy atom. The summed E-state index contributed by atoms with van der Waals surface area (Å²) in [7, 11) is 0. The quantitative estimate of drug-likeness (QED) is 0.754. The average Bonchev–Trinajstić information content (AvgIpc) is 2.15. The fourth-order valence-corrected chi connectivity index (χ4v) is 0.954. The maximum atomic E-state index is 12.1. The molecule has 0 aliphatic rings. The van der Waals surface area contributed by atoms with E-state index in [2.05, 4.69) is 0 Å². The number of rotatable bonds is 1. The smallest absolute Gasteiger partial charge is 0.316 e. The Balaban J connectivity index is 2.94. The lowest BCUT2D eigenvalue weighted by molar-refractivity contribution is -0.149. The van der Waals surface area contributed by atoms with Crippen LogP contribution < -0.4 is 5.73 Å². The van der Waals surface area contributed by atoms with Crippen LogP contribution in [0.1, 0.15) is 17.2 Å². The maximum Gasteiger partial charge on any atom is 0.407 e. The van der Waals surface area contributed by atoms with Gasteiger partial charge in [-0.05, 0) is 17.7 Å². The van der Waals surface area contributed by atoms with E-state index >= 15 is 0 Å². The number of alkyl halides is 3. The van der Waals surface area contributed by atoms with Crippen LogP contribution in [-0.4, -0.2) is 6.18 Å². The van der Waals surface area contributed by atoms with Crippen LogP contribution in [-0.2, 0) is 0 Å². The summed E-state index contributed by atoms with van der Waals surface area (Å²) in [4.78, 5) is 0. The zero-order valence-electron chi connectivity index (χ0n) is 7.05. The van der Waals surface area contributed by atoms with Gasteiger partial charge in [0.1, 0.15) is 6.04 Å². The highest BCUT2D eigenvalue weighted by molar-refractivity contribution is 5.33. The van der Waals surface area contributed by atoms with Gasteiger partial charge in [-0.15, -0.1) is 0 Å². The van der Waals surface area contributed by atoms with E-state index in [4.69, 9.17) is 11.0 Å². The van der Waals surface area contributed by atoms with Crippen LogP contribution in [0.2, 0.25) is 0 Å². The van der Waals surface area contributed by atoms with Crippen molar-refractivity contribution in [1.82, 2.24) is 0 Å². The highest BCUT2D eigenvalue weighted by Gasteiger charge is 2.37. The highest BCUT2D eigenvalue weighted by atomic mass is 19.4. The third kappa shape index (κ3) is 2.24. The number of hydrogen-bond donors (Lipinski definition) is 1. The van der Waals surface area contributed by atoms with E-state index in [0.717, 1.165) is 0 Å². The summed E-state index contributed by atoms with van der Waals surface area (Å²) >= 11 is 0. The molecular weight excluding hydrogens is 193 g/mol. The molecule has 0 spiro atoms. The van der Waals surface area contributed by atoms with Gasteiger partial charge in [-0.3, -0.25) is 0 Å². The van der Waals surface area contributed by atoms with Crippen LogP contribution in [0.15, 0.2) is 24.3 Å². The fourth-order valence-electron chi connectivity index (χ4n) is 0.954. The Kier molecular flexibility index (Phi) is 2.77. The van der Waals surface area contributed by atoms with Gasteiger partial charge in [0.25, 0.3) is 0 Å². The van der Waals surface area contributed by atoms with Gasteiger partial charge < -0.3 is 5.73 Å². The molecule has 0 radical (unpaired) electrons. The van der Waals surface area contributed by atoms with Gasteiger partial charge in [-0.25, -0.2) is 0 Å². The Morgan fingerprint density at radius 3 is 2.07 bits per heavy atom. The number of halogens is 3. The van der Waals surface area contributed by atoms with Crippen LogP contribution in [0, 0.1) is 11.3 Å². The molecule has 2 N–H and O–H groups in total. The SMILES string of the molecule is N#Cc1ccc([C@H](N)C(F)(F)F)cc1. The van der Waals surface area contributed by atoms with Gasteiger partial charge in [0.15, 0.2) is 0 Å². The summed E-state index contributed by atoms with van der Waals surface area (Å²) in [6, 6.07) is 4.84. The number of benzene rings is 1. The second-order valence-electron chi connectivity index (χ2n) is 2.75. The molecule has 0 amide bonds. The van der Waals surface area contributed by atoms with Gasteiger partial charge in [-0.2, -0.15) is 18.4 Å². The van der Waals surface area contributed by atoms with Gasteiger partial charge in [0, 0.05) is 0 Å². The molecule has 14 heavy (non-hydrogen) atoms. The van der Waals surface area contributed by atoms with E-state index in [-0.39, 0.29) is 5.56 Å². The van der Waals surface area contributed by atoms with Crippen LogP contribution in [0.4, 0.5) is 13.2 Å². The van der Waals surface area contributed by atoms with Crippen LogP contribution in [0.25, 0.3) is 0 Å². The summed E-state index contributed by atoms with van der Waals surface area (Å²) < 4.78 is 36.4. The number of nitrogens with zero attached hydrogens (tertiary/aromatic N) is 1. The molecule has 0 saturated carbocycles. The highest BCUT2D eigenvalue weighted by Crippen LogP contribution is 2.30. The Morgan fingerprint density at radius 2 is 1.71 bits per heavy atom. The number of nitriles is 1. The third-order valence-electron chi connectivity index (χ3n) is 1.75. The van der Waals surface area contributed by atoms with E-state index in [1.807, 2.05) is 6.07 Å². The van der Waals surface area contributed by atoms with Gasteiger partial charge in [0.05, 0.1) is 11.6 Å².